The molecule has 1 N–H and O–H groups in total. The fourth-order valence-electron chi connectivity index (χ4n) is 6.06. The lowest BCUT2D eigenvalue weighted by molar-refractivity contribution is -0.306. The Hall–Kier alpha value is -4.22. The molecule has 1 radical (unpaired) electrons. The molecule has 1 fully saturated rings. The largest absolute Gasteiger partial charge is 0.403 e. The van der Waals surface area contributed by atoms with E-state index in [1.54, 1.807) is 18.5 Å². The quantitative estimate of drug-likeness (QED) is 0.226. The average molecular weight is 635 g/mol. The molecule has 2 aromatic heterocycles. The van der Waals surface area contributed by atoms with E-state index in [0.717, 1.165) is 0 Å². The molecule has 5 aromatic rings. The summed E-state index contributed by atoms with van der Waals surface area (Å²) >= 11 is 0. The zero-order valence-electron chi connectivity index (χ0n) is 26.9. The first-order valence-electron chi connectivity index (χ1n) is 15.5. The van der Waals surface area contributed by atoms with Crippen LogP contribution in [-0.2, 0) is 20.4 Å². The van der Waals surface area contributed by atoms with Gasteiger partial charge in [-0.3, -0.25) is 4.79 Å². The first-order valence-corrected chi connectivity index (χ1v) is 16.9. The average Bonchev–Trinajstić information content (AvgIpc) is 3.46. The maximum absolute atomic E-state index is 13.0. The van der Waals surface area contributed by atoms with Crippen molar-refractivity contribution in [3.05, 3.63) is 109 Å². The third-order valence-corrected chi connectivity index (χ3v) is 10.4. The summed E-state index contributed by atoms with van der Waals surface area (Å²) in [6, 6.07) is 30.0. The maximum atomic E-state index is 13.0. The van der Waals surface area contributed by atoms with E-state index >= 15 is 0 Å². The molecule has 1 aliphatic heterocycles. The van der Waals surface area contributed by atoms with Crippen LogP contribution in [0.2, 0.25) is 0 Å². The van der Waals surface area contributed by atoms with E-state index in [0.29, 0.717) is 42.3 Å². The molecular weight excluding hydrogens is 595 g/mol. The van der Waals surface area contributed by atoms with Crippen LogP contribution in [0.15, 0.2) is 104 Å². The smallest absolute Gasteiger partial charge is 0.283 e. The summed E-state index contributed by atoms with van der Waals surface area (Å²) in [6.45, 7) is 11.8. The fourth-order valence-corrected chi connectivity index (χ4v) is 8.50. The lowest BCUT2D eigenvalue weighted by Gasteiger charge is -2.52. The second kappa shape index (κ2) is 12.9. The summed E-state index contributed by atoms with van der Waals surface area (Å²) in [5, 5.41) is 5.25. The van der Waals surface area contributed by atoms with E-state index in [2.05, 4.69) is 89.6 Å². The Balaban J connectivity index is 1.39. The SMILES string of the molecule is CC1(C)OCC(Cn2cnc3c(NC(=O)c4ccccc4)ncnc32)(C(O[Si](c2ccccc2)c2ccccc2)C(C)(C)C)CO1. The van der Waals surface area contributed by atoms with Crippen molar-refractivity contribution in [2.24, 2.45) is 10.8 Å². The standard InChI is InChI=1S/C36H40N5O4Si/c1-34(2,3)33(45-46(27-17-11-7-12-18-27)28-19-13-8-14-20-28)36(22-43-35(4,5)44-23-36)21-41-25-39-29-30(37-24-38-31(29)41)40-32(42)26-15-9-6-10-16-26/h6-20,24-25,33H,21-23H2,1-5H3,(H,37,38,40,42). The summed E-state index contributed by atoms with van der Waals surface area (Å²) in [5.74, 6) is -0.640. The number of nitrogens with zero attached hydrogens (tertiary/aromatic N) is 4. The highest BCUT2D eigenvalue weighted by molar-refractivity contribution is 6.80. The van der Waals surface area contributed by atoms with Gasteiger partial charge in [-0.1, -0.05) is 99.6 Å². The van der Waals surface area contributed by atoms with Gasteiger partial charge in [0, 0.05) is 12.1 Å². The molecule has 237 valence electrons. The van der Waals surface area contributed by atoms with Crippen molar-refractivity contribution in [1.29, 1.82) is 0 Å². The van der Waals surface area contributed by atoms with Gasteiger partial charge in [0.05, 0.1) is 31.1 Å². The Kier molecular flexibility index (Phi) is 8.89. The summed E-state index contributed by atoms with van der Waals surface area (Å²) in [6.07, 6.45) is 2.91. The fraction of sp³-hybridized carbons (Fsp3) is 0.333. The number of hydrogen-bond acceptors (Lipinski definition) is 7. The predicted octanol–water partition coefficient (Wildman–Crippen LogP) is 5.09. The zero-order chi connectivity index (χ0) is 32.4. The van der Waals surface area contributed by atoms with Gasteiger partial charge in [-0.2, -0.15) is 0 Å². The van der Waals surface area contributed by atoms with E-state index < -0.39 is 20.2 Å². The molecule has 0 spiro atoms. The van der Waals surface area contributed by atoms with Crippen LogP contribution in [0.25, 0.3) is 11.2 Å². The van der Waals surface area contributed by atoms with Crippen LogP contribution in [0.5, 0.6) is 0 Å². The number of fused-ring (bicyclic) bond motifs is 1. The third kappa shape index (κ3) is 6.80. The van der Waals surface area contributed by atoms with Crippen molar-refractivity contribution in [2.45, 2.75) is 53.1 Å². The molecule has 0 bridgehead atoms. The number of carbonyl (C=O) groups is 1. The minimum absolute atomic E-state index is 0.263. The molecular formula is C36H40N5O4Si. The summed E-state index contributed by atoms with van der Waals surface area (Å²) in [7, 11) is -1.67. The lowest BCUT2D eigenvalue weighted by atomic mass is 9.70. The Bertz CT molecular complexity index is 1730. The number of nitrogens with one attached hydrogen (secondary N) is 1. The molecule has 0 aliphatic carbocycles. The molecule has 1 atom stereocenters. The van der Waals surface area contributed by atoms with Crippen molar-refractivity contribution < 1.29 is 18.7 Å². The maximum Gasteiger partial charge on any atom is 0.283 e. The lowest BCUT2D eigenvalue weighted by Crippen LogP contribution is -2.62. The molecule has 46 heavy (non-hydrogen) atoms. The number of amides is 1. The first-order chi connectivity index (χ1) is 22.0. The topological polar surface area (TPSA) is 100 Å². The molecule has 3 aromatic carbocycles. The van der Waals surface area contributed by atoms with Gasteiger partial charge in [0.2, 0.25) is 0 Å². The highest BCUT2D eigenvalue weighted by Crippen LogP contribution is 2.43. The van der Waals surface area contributed by atoms with E-state index in [1.165, 1.54) is 16.7 Å². The van der Waals surface area contributed by atoms with Gasteiger partial charge in [0.1, 0.15) is 6.33 Å². The Labute approximate surface area is 271 Å². The van der Waals surface area contributed by atoms with Crippen LogP contribution in [0.1, 0.15) is 45.0 Å². The van der Waals surface area contributed by atoms with E-state index in [1.807, 2.05) is 48.7 Å². The second-order valence-corrected chi connectivity index (χ2v) is 15.4. The molecule has 1 unspecified atom stereocenters. The van der Waals surface area contributed by atoms with Gasteiger partial charge in [-0.05, 0) is 41.8 Å². The van der Waals surface area contributed by atoms with E-state index in [4.69, 9.17) is 13.9 Å². The van der Waals surface area contributed by atoms with Gasteiger partial charge >= 0.3 is 0 Å². The molecule has 1 aliphatic rings. The van der Waals surface area contributed by atoms with E-state index in [-0.39, 0.29) is 17.4 Å². The van der Waals surface area contributed by atoms with Crippen molar-refractivity contribution in [3.8, 4) is 0 Å². The number of carbonyl (C=O) groups excluding carboxylic acids is 1. The number of rotatable bonds is 9. The predicted molar refractivity (Wildman–Crippen MR) is 180 cm³/mol. The molecule has 9 nitrogen and oxygen atoms in total. The van der Waals surface area contributed by atoms with Crippen LogP contribution in [-0.4, -0.2) is 59.6 Å². The van der Waals surface area contributed by atoms with Crippen LogP contribution in [0.3, 0.4) is 0 Å². The zero-order valence-corrected chi connectivity index (χ0v) is 27.9. The summed E-state index contributed by atoms with van der Waals surface area (Å²) in [5.41, 5.74) is 0.734. The molecule has 6 rings (SSSR count). The monoisotopic (exact) mass is 634 g/mol. The van der Waals surface area contributed by atoms with Crippen molar-refractivity contribution in [1.82, 2.24) is 19.5 Å². The Morgan fingerprint density at radius 1 is 0.891 bits per heavy atom. The van der Waals surface area contributed by atoms with Crippen LogP contribution < -0.4 is 15.7 Å². The number of imidazole rings is 1. The molecule has 1 amide bonds. The highest BCUT2D eigenvalue weighted by Gasteiger charge is 2.52. The van der Waals surface area contributed by atoms with Gasteiger partial charge in [-0.15, -0.1) is 0 Å². The van der Waals surface area contributed by atoms with Crippen molar-refractivity contribution in [2.75, 3.05) is 18.5 Å². The number of aromatic nitrogens is 4. The van der Waals surface area contributed by atoms with Crippen LogP contribution >= 0.6 is 0 Å². The first kappa shape index (κ1) is 31.7. The van der Waals surface area contributed by atoms with Crippen LogP contribution in [0, 0.1) is 10.8 Å². The summed E-state index contributed by atoms with van der Waals surface area (Å²) < 4.78 is 22.2. The summed E-state index contributed by atoms with van der Waals surface area (Å²) in [4.78, 5) is 26.6. The van der Waals surface area contributed by atoms with Gasteiger partial charge in [-0.25, -0.2) is 15.0 Å². The van der Waals surface area contributed by atoms with Crippen LogP contribution in [0.4, 0.5) is 5.82 Å². The van der Waals surface area contributed by atoms with Crippen molar-refractivity contribution in [3.63, 3.8) is 0 Å². The molecule has 1 saturated heterocycles. The number of hydrogen-bond donors (Lipinski definition) is 1. The Morgan fingerprint density at radius 2 is 1.46 bits per heavy atom. The minimum Gasteiger partial charge on any atom is -0.403 e. The van der Waals surface area contributed by atoms with E-state index in [9.17, 15) is 4.79 Å². The minimum atomic E-state index is -1.67. The number of anilines is 1. The molecule has 10 heteroatoms. The van der Waals surface area contributed by atoms with Gasteiger partial charge in [0.15, 0.2) is 22.8 Å². The van der Waals surface area contributed by atoms with Crippen molar-refractivity contribution >= 4 is 42.3 Å². The van der Waals surface area contributed by atoms with Gasteiger partial charge in [0.25, 0.3) is 14.9 Å². The normalized spacial score (nSPS) is 16.7. The Morgan fingerprint density at radius 3 is 2.02 bits per heavy atom. The molecule has 3 heterocycles. The highest BCUT2D eigenvalue weighted by atomic mass is 28.3. The third-order valence-electron chi connectivity index (χ3n) is 8.22. The number of ether oxygens (including phenoxy) is 2. The molecule has 0 saturated carbocycles. The number of benzene rings is 3. The van der Waals surface area contributed by atoms with Gasteiger partial charge < -0.3 is 23.8 Å². The second-order valence-electron chi connectivity index (χ2n) is 13.4.